The Kier molecular flexibility index (Phi) is 6.57. The number of carbonyl (C=O) groups is 2. The van der Waals surface area contributed by atoms with Crippen LogP contribution in [0.5, 0.6) is 0 Å². The van der Waals surface area contributed by atoms with Crippen LogP contribution in [0.3, 0.4) is 0 Å². The third kappa shape index (κ3) is 5.45. The van der Waals surface area contributed by atoms with Gasteiger partial charge in [-0.1, -0.05) is 12.5 Å². The summed E-state index contributed by atoms with van der Waals surface area (Å²) in [7, 11) is 0. The number of anilines is 1. The van der Waals surface area contributed by atoms with Crippen molar-refractivity contribution in [2.45, 2.75) is 57.6 Å². The van der Waals surface area contributed by atoms with Crippen LogP contribution in [0, 0.1) is 13.8 Å². The van der Waals surface area contributed by atoms with E-state index in [0.29, 0.717) is 25.9 Å². The fraction of sp³-hybridized carbons (Fsp3) is 0.619. The van der Waals surface area contributed by atoms with Crippen molar-refractivity contribution in [1.29, 1.82) is 0 Å². The van der Waals surface area contributed by atoms with Crippen molar-refractivity contribution in [2.24, 2.45) is 0 Å². The first-order valence-corrected chi connectivity index (χ1v) is 10.2. The Labute approximate surface area is 166 Å². The predicted molar refractivity (Wildman–Crippen MR) is 109 cm³/mol. The summed E-state index contributed by atoms with van der Waals surface area (Å²) < 4.78 is 0. The molecule has 154 valence electrons. The lowest BCUT2D eigenvalue weighted by Crippen LogP contribution is -2.56. The van der Waals surface area contributed by atoms with Crippen molar-refractivity contribution in [3.8, 4) is 0 Å². The summed E-state index contributed by atoms with van der Waals surface area (Å²) in [6, 6.07) is 5.45. The molecule has 2 aliphatic rings. The first-order valence-electron chi connectivity index (χ1n) is 10.2. The van der Waals surface area contributed by atoms with Gasteiger partial charge in [0.1, 0.15) is 0 Å². The van der Waals surface area contributed by atoms with Gasteiger partial charge in [-0.25, -0.2) is 4.79 Å². The smallest absolute Gasteiger partial charge is 0.319 e. The van der Waals surface area contributed by atoms with Crippen molar-refractivity contribution in [3.63, 3.8) is 0 Å². The molecule has 1 aromatic carbocycles. The van der Waals surface area contributed by atoms with Crippen LogP contribution >= 0.6 is 0 Å². The first kappa shape index (κ1) is 20.6. The molecule has 28 heavy (non-hydrogen) atoms. The SMILES string of the molecule is Cc1cc(C)cc(NC(=O)NCC2(O)CCN(C(=O)[C@H]3CCCCN3)CC2)c1. The zero-order valence-corrected chi connectivity index (χ0v) is 16.9. The van der Waals surface area contributed by atoms with Gasteiger partial charge in [0.05, 0.1) is 11.6 Å². The van der Waals surface area contributed by atoms with Crippen molar-refractivity contribution in [3.05, 3.63) is 29.3 Å². The topological polar surface area (TPSA) is 93.7 Å². The lowest BCUT2D eigenvalue weighted by atomic mass is 9.90. The minimum absolute atomic E-state index is 0.0818. The summed E-state index contributed by atoms with van der Waals surface area (Å²) in [4.78, 5) is 26.6. The fourth-order valence-electron chi connectivity index (χ4n) is 4.07. The number of aryl methyl sites for hydroxylation is 2. The summed E-state index contributed by atoms with van der Waals surface area (Å²) in [6.07, 6.45) is 4.03. The summed E-state index contributed by atoms with van der Waals surface area (Å²) in [5.74, 6) is 0.141. The number of likely N-dealkylation sites (tertiary alicyclic amines) is 1. The van der Waals surface area contributed by atoms with Gasteiger partial charge in [-0.15, -0.1) is 0 Å². The van der Waals surface area contributed by atoms with Crippen LogP contribution in [-0.2, 0) is 4.79 Å². The number of benzene rings is 1. The van der Waals surface area contributed by atoms with Gasteiger partial charge in [0.25, 0.3) is 0 Å². The lowest BCUT2D eigenvalue weighted by molar-refractivity contribution is -0.138. The summed E-state index contributed by atoms with van der Waals surface area (Å²) in [6.45, 7) is 6.08. The Bertz CT molecular complexity index is 687. The van der Waals surface area contributed by atoms with Crippen LogP contribution in [0.2, 0.25) is 0 Å². The molecule has 0 radical (unpaired) electrons. The molecule has 0 aromatic heterocycles. The summed E-state index contributed by atoms with van der Waals surface area (Å²) in [5.41, 5.74) is 1.93. The van der Waals surface area contributed by atoms with Gasteiger partial charge >= 0.3 is 6.03 Å². The molecular formula is C21H32N4O3. The van der Waals surface area contributed by atoms with E-state index < -0.39 is 5.60 Å². The van der Waals surface area contributed by atoms with E-state index >= 15 is 0 Å². The summed E-state index contributed by atoms with van der Waals surface area (Å²) in [5, 5.41) is 19.7. The van der Waals surface area contributed by atoms with Crippen LogP contribution < -0.4 is 16.0 Å². The number of rotatable bonds is 4. The maximum atomic E-state index is 12.6. The molecule has 0 aliphatic carbocycles. The Hall–Kier alpha value is -2.12. The molecular weight excluding hydrogens is 356 g/mol. The normalized spacial score (nSPS) is 21.8. The highest BCUT2D eigenvalue weighted by molar-refractivity contribution is 5.89. The number of urea groups is 1. The second-order valence-electron chi connectivity index (χ2n) is 8.24. The highest BCUT2D eigenvalue weighted by atomic mass is 16.3. The zero-order valence-electron chi connectivity index (χ0n) is 16.9. The molecule has 1 aromatic rings. The van der Waals surface area contributed by atoms with Gasteiger partial charge < -0.3 is 26.0 Å². The van der Waals surface area contributed by atoms with Crippen LogP contribution in [0.1, 0.15) is 43.2 Å². The van der Waals surface area contributed by atoms with Crippen molar-refractivity contribution in [1.82, 2.24) is 15.5 Å². The molecule has 7 nitrogen and oxygen atoms in total. The highest BCUT2D eigenvalue weighted by Gasteiger charge is 2.36. The average molecular weight is 389 g/mol. The summed E-state index contributed by atoms with van der Waals surface area (Å²) >= 11 is 0. The van der Waals surface area contributed by atoms with Gasteiger partial charge in [0.2, 0.25) is 5.91 Å². The molecule has 7 heteroatoms. The molecule has 3 amide bonds. The van der Waals surface area contributed by atoms with Crippen LogP contribution in [0.15, 0.2) is 18.2 Å². The van der Waals surface area contributed by atoms with Gasteiger partial charge in [-0.05, 0) is 69.3 Å². The molecule has 3 rings (SSSR count). The first-order chi connectivity index (χ1) is 13.3. The number of nitrogens with one attached hydrogen (secondary N) is 3. The third-order valence-corrected chi connectivity index (χ3v) is 5.67. The number of amides is 3. The minimum Gasteiger partial charge on any atom is -0.388 e. The highest BCUT2D eigenvalue weighted by Crippen LogP contribution is 2.23. The van der Waals surface area contributed by atoms with Gasteiger partial charge in [0.15, 0.2) is 0 Å². The Morgan fingerprint density at radius 1 is 1.18 bits per heavy atom. The molecule has 1 atom stereocenters. The maximum Gasteiger partial charge on any atom is 0.319 e. The van der Waals surface area contributed by atoms with Gasteiger partial charge in [-0.3, -0.25) is 4.79 Å². The molecule has 2 heterocycles. The quantitative estimate of drug-likeness (QED) is 0.634. The van der Waals surface area contributed by atoms with E-state index in [9.17, 15) is 14.7 Å². The molecule has 0 bridgehead atoms. The van der Waals surface area contributed by atoms with Gasteiger partial charge in [-0.2, -0.15) is 0 Å². The van der Waals surface area contributed by atoms with E-state index in [1.165, 1.54) is 0 Å². The van der Waals surface area contributed by atoms with E-state index in [0.717, 1.165) is 42.6 Å². The van der Waals surface area contributed by atoms with Crippen LogP contribution in [0.25, 0.3) is 0 Å². The van der Waals surface area contributed by atoms with Crippen molar-refractivity contribution < 1.29 is 14.7 Å². The Morgan fingerprint density at radius 3 is 2.46 bits per heavy atom. The second-order valence-corrected chi connectivity index (χ2v) is 8.24. The molecule has 0 saturated carbocycles. The number of nitrogens with zero attached hydrogens (tertiary/aromatic N) is 1. The minimum atomic E-state index is -0.976. The Balaban J connectivity index is 1.45. The van der Waals surface area contributed by atoms with Crippen molar-refractivity contribution >= 4 is 17.6 Å². The third-order valence-electron chi connectivity index (χ3n) is 5.67. The van der Waals surface area contributed by atoms with Crippen LogP contribution in [0.4, 0.5) is 10.5 Å². The average Bonchev–Trinajstić information content (AvgIpc) is 2.66. The number of aliphatic hydroxyl groups is 1. The molecule has 2 fully saturated rings. The van der Waals surface area contributed by atoms with Crippen LogP contribution in [-0.4, -0.2) is 59.8 Å². The molecule has 0 unspecified atom stereocenters. The Morgan fingerprint density at radius 2 is 1.86 bits per heavy atom. The molecule has 0 spiro atoms. The zero-order chi connectivity index (χ0) is 20.1. The van der Waals surface area contributed by atoms with E-state index in [1.807, 2.05) is 36.9 Å². The van der Waals surface area contributed by atoms with E-state index in [1.54, 1.807) is 0 Å². The lowest BCUT2D eigenvalue weighted by Gasteiger charge is -2.40. The van der Waals surface area contributed by atoms with E-state index in [-0.39, 0.29) is 24.5 Å². The standard InChI is InChI=1S/C21H32N4O3/c1-15-11-16(2)13-17(12-15)24-20(27)23-14-21(28)6-9-25(10-7-21)19(26)18-5-3-4-8-22-18/h11-13,18,22,28H,3-10,14H2,1-2H3,(H2,23,24,27)/t18-/m1/s1. The largest absolute Gasteiger partial charge is 0.388 e. The number of hydrogen-bond acceptors (Lipinski definition) is 4. The second kappa shape index (κ2) is 8.92. The molecule has 2 saturated heterocycles. The monoisotopic (exact) mass is 388 g/mol. The predicted octanol–water partition coefficient (Wildman–Crippen LogP) is 1.92. The number of hydrogen-bond donors (Lipinski definition) is 4. The molecule has 2 aliphatic heterocycles. The van der Waals surface area contributed by atoms with E-state index in [2.05, 4.69) is 16.0 Å². The number of piperidine rings is 2. The van der Waals surface area contributed by atoms with Crippen molar-refractivity contribution in [2.75, 3.05) is 31.5 Å². The number of carbonyl (C=O) groups excluding carboxylic acids is 2. The molecule has 4 N–H and O–H groups in total. The van der Waals surface area contributed by atoms with E-state index in [4.69, 9.17) is 0 Å². The fourth-order valence-corrected chi connectivity index (χ4v) is 4.07. The maximum absolute atomic E-state index is 12.6. The van der Waals surface area contributed by atoms with Gasteiger partial charge in [0, 0.05) is 25.3 Å².